The second-order valence-corrected chi connectivity index (χ2v) is 9.29. The van der Waals surface area contributed by atoms with Gasteiger partial charge in [-0.2, -0.15) is 5.10 Å². The molecule has 1 aromatic carbocycles. The lowest BCUT2D eigenvalue weighted by molar-refractivity contribution is -0.136. The summed E-state index contributed by atoms with van der Waals surface area (Å²) in [5.41, 5.74) is 2.14. The van der Waals surface area contributed by atoms with Gasteiger partial charge in [0.25, 0.3) is 5.91 Å². The summed E-state index contributed by atoms with van der Waals surface area (Å²) in [5, 5.41) is 4.45. The molecule has 0 bridgehead atoms. The average molecular weight is 441 g/mol. The monoisotopic (exact) mass is 440 g/mol. The van der Waals surface area contributed by atoms with E-state index in [1.165, 1.54) is 25.0 Å². The molecule has 4 rings (SSSR count). The lowest BCUT2D eigenvalue weighted by Crippen LogP contribution is -2.44. The van der Waals surface area contributed by atoms with E-state index in [0.29, 0.717) is 31.5 Å². The minimum atomic E-state index is -0.305. The number of hydrogen-bond acceptors (Lipinski definition) is 3. The number of hydrogen-bond donors (Lipinski definition) is 0. The summed E-state index contributed by atoms with van der Waals surface area (Å²) in [7, 11) is 0. The highest BCUT2D eigenvalue weighted by Gasteiger charge is 2.32. The molecular formula is C25H33FN4O2. The average Bonchev–Trinajstić information content (AvgIpc) is 3.07. The molecule has 2 aliphatic heterocycles. The predicted octanol–water partition coefficient (Wildman–Crippen LogP) is 4.39. The van der Waals surface area contributed by atoms with Gasteiger partial charge in [0.2, 0.25) is 5.91 Å². The highest BCUT2D eigenvalue weighted by Crippen LogP contribution is 2.27. The number of amides is 2. The van der Waals surface area contributed by atoms with Crippen molar-refractivity contribution in [1.82, 2.24) is 19.6 Å². The smallest absolute Gasteiger partial charge is 0.257 e. The molecule has 2 aliphatic rings. The maximum atomic E-state index is 13.4. The first-order valence-corrected chi connectivity index (χ1v) is 11.9. The minimum absolute atomic E-state index is 0.0173. The number of rotatable bonds is 4. The Hall–Kier alpha value is -2.70. The van der Waals surface area contributed by atoms with E-state index < -0.39 is 0 Å². The third-order valence-corrected chi connectivity index (χ3v) is 6.70. The number of nitrogens with zero attached hydrogens (tertiary/aromatic N) is 4. The fourth-order valence-electron chi connectivity index (χ4n) is 4.92. The molecular weight excluding hydrogens is 407 g/mol. The van der Waals surface area contributed by atoms with Crippen LogP contribution in [0, 0.1) is 11.7 Å². The molecule has 1 aromatic heterocycles. The van der Waals surface area contributed by atoms with Gasteiger partial charge in [-0.1, -0.05) is 26.7 Å². The van der Waals surface area contributed by atoms with E-state index in [4.69, 9.17) is 0 Å². The Labute approximate surface area is 189 Å². The van der Waals surface area contributed by atoms with Crippen molar-refractivity contribution in [2.45, 2.75) is 58.3 Å². The molecule has 0 unspecified atom stereocenters. The van der Waals surface area contributed by atoms with Crippen LogP contribution in [0.4, 0.5) is 4.39 Å². The van der Waals surface area contributed by atoms with Gasteiger partial charge in [-0.15, -0.1) is 0 Å². The molecule has 172 valence electrons. The van der Waals surface area contributed by atoms with Crippen molar-refractivity contribution in [3.8, 4) is 5.69 Å². The zero-order valence-corrected chi connectivity index (χ0v) is 19.1. The highest BCUT2D eigenvalue weighted by atomic mass is 19.1. The molecule has 2 amide bonds. The van der Waals surface area contributed by atoms with Crippen LogP contribution in [0.2, 0.25) is 0 Å². The number of piperidine rings is 1. The van der Waals surface area contributed by atoms with E-state index >= 15 is 0 Å². The van der Waals surface area contributed by atoms with Gasteiger partial charge < -0.3 is 9.80 Å². The van der Waals surface area contributed by atoms with Crippen LogP contribution in [0.25, 0.3) is 5.69 Å². The zero-order valence-electron chi connectivity index (χ0n) is 19.1. The van der Waals surface area contributed by atoms with Gasteiger partial charge in [-0.05, 0) is 55.9 Å². The van der Waals surface area contributed by atoms with Gasteiger partial charge in [0, 0.05) is 32.1 Å². The SMILES string of the molecule is CC(C)c1c(C(=O)N2CCC(C(=O)N3CCCCCC3)CC2)cnn1-c1ccc(F)cc1. The van der Waals surface area contributed by atoms with E-state index in [1.807, 2.05) is 23.6 Å². The van der Waals surface area contributed by atoms with Gasteiger partial charge in [-0.3, -0.25) is 9.59 Å². The van der Waals surface area contributed by atoms with Gasteiger partial charge in [-0.25, -0.2) is 9.07 Å². The summed E-state index contributed by atoms with van der Waals surface area (Å²) in [5.74, 6) is 0.0157. The van der Waals surface area contributed by atoms with Crippen LogP contribution in [0.15, 0.2) is 30.5 Å². The van der Waals surface area contributed by atoms with E-state index in [9.17, 15) is 14.0 Å². The van der Waals surface area contributed by atoms with E-state index in [1.54, 1.807) is 23.0 Å². The molecule has 2 saturated heterocycles. The second kappa shape index (κ2) is 9.84. The number of likely N-dealkylation sites (tertiary alicyclic amines) is 2. The maximum absolute atomic E-state index is 13.4. The lowest BCUT2D eigenvalue weighted by atomic mass is 9.94. The fourth-order valence-corrected chi connectivity index (χ4v) is 4.92. The first-order valence-electron chi connectivity index (χ1n) is 11.9. The molecule has 0 spiro atoms. The molecule has 32 heavy (non-hydrogen) atoms. The number of carbonyl (C=O) groups excluding carboxylic acids is 2. The van der Waals surface area contributed by atoms with Gasteiger partial charge >= 0.3 is 0 Å². The van der Waals surface area contributed by atoms with Gasteiger partial charge in [0.1, 0.15) is 5.82 Å². The highest BCUT2D eigenvalue weighted by molar-refractivity contribution is 5.95. The van der Waals surface area contributed by atoms with Gasteiger partial charge in [0.15, 0.2) is 0 Å². The molecule has 2 aromatic rings. The van der Waals surface area contributed by atoms with Crippen molar-refractivity contribution >= 4 is 11.8 Å². The van der Waals surface area contributed by atoms with E-state index in [-0.39, 0.29) is 29.5 Å². The summed E-state index contributed by atoms with van der Waals surface area (Å²) in [6, 6.07) is 6.13. The van der Waals surface area contributed by atoms with Crippen molar-refractivity contribution in [3.05, 3.63) is 47.5 Å². The topological polar surface area (TPSA) is 58.4 Å². The third kappa shape index (κ3) is 4.71. The Morgan fingerprint density at radius 2 is 1.56 bits per heavy atom. The number of carbonyl (C=O) groups is 2. The van der Waals surface area contributed by atoms with Crippen LogP contribution in [0.5, 0.6) is 0 Å². The van der Waals surface area contributed by atoms with Crippen LogP contribution in [-0.2, 0) is 4.79 Å². The summed E-state index contributed by atoms with van der Waals surface area (Å²) in [4.78, 5) is 30.2. The predicted molar refractivity (Wildman–Crippen MR) is 121 cm³/mol. The number of halogens is 1. The molecule has 3 heterocycles. The Morgan fingerprint density at radius 1 is 0.938 bits per heavy atom. The van der Waals surface area contributed by atoms with Crippen molar-refractivity contribution in [2.24, 2.45) is 5.92 Å². The molecule has 6 nitrogen and oxygen atoms in total. The van der Waals surface area contributed by atoms with Crippen molar-refractivity contribution in [2.75, 3.05) is 26.2 Å². The van der Waals surface area contributed by atoms with Crippen LogP contribution in [-0.4, -0.2) is 57.6 Å². The Kier molecular flexibility index (Phi) is 6.92. The fraction of sp³-hybridized carbons (Fsp3) is 0.560. The number of aromatic nitrogens is 2. The lowest BCUT2D eigenvalue weighted by Gasteiger charge is -2.34. The zero-order chi connectivity index (χ0) is 22.7. The van der Waals surface area contributed by atoms with Crippen LogP contribution in [0.1, 0.15) is 74.3 Å². The summed E-state index contributed by atoms with van der Waals surface area (Å²) < 4.78 is 15.1. The maximum Gasteiger partial charge on any atom is 0.257 e. The van der Waals surface area contributed by atoms with Crippen molar-refractivity contribution in [1.29, 1.82) is 0 Å². The molecule has 2 fully saturated rings. The molecule has 0 N–H and O–H groups in total. The minimum Gasteiger partial charge on any atom is -0.342 e. The van der Waals surface area contributed by atoms with Gasteiger partial charge in [0.05, 0.1) is 23.1 Å². The number of benzene rings is 1. The van der Waals surface area contributed by atoms with Crippen LogP contribution in [0.3, 0.4) is 0 Å². The normalized spacial score (nSPS) is 18.1. The quantitative estimate of drug-likeness (QED) is 0.709. The largest absolute Gasteiger partial charge is 0.342 e. The Morgan fingerprint density at radius 3 is 2.16 bits per heavy atom. The Bertz CT molecular complexity index is 937. The first-order chi connectivity index (χ1) is 15.5. The van der Waals surface area contributed by atoms with E-state index in [2.05, 4.69) is 5.10 Å². The molecule has 0 aliphatic carbocycles. The standard InChI is InChI=1S/C25H33FN4O2/c1-18(2)23-22(17-27-30(23)21-9-7-20(26)8-10-21)25(32)29-15-11-19(12-16-29)24(31)28-13-5-3-4-6-14-28/h7-10,17-19H,3-6,11-16H2,1-2H3. The molecule has 0 radical (unpaired) electrons. The van der Waals surface area contributed by atoms with Crippen LogP contribution >= 0.6 is 0 Å². The Balaban J connectivity index is 1.45. The summed E-state index contributed by atoms with van der Waals surface area (Å²) >= 11 is 0. The summed E-state index contributed by atoms with van der Waals surface area (Å²) in [6.07, 6.45) is 7.66. The van der Waals surface area contributed by atoms with E-state index in [0.717, 1.165) is 37.3 Å². The van der Waals surface area contributed by atoms with Crippen LogP contribution < -0.4 is 0 Å². The van der Waals surface area contributed by atoms with Crippen molar-refractivity contribution in [3.63, 3.8) is 0 Å². The first kappa shape index (κ1) is 22.5. The summed E-state index contributed by atoms with van der Waals surface area (Å²) in [6.45, 7) is 6.97. The third-order valence-electron chi connectivity index (χ3n) is 6.70. The molecule has 0 atom stereocenters. The second-order valence-electron chi connectivity index (χ2n) is 9.29. The van der Waals surface area contributed by atoms with Crippen molar-refractivity contribution < 1.29 is 14.0 Å². The molecule has 0 saturated carbocycles. The molecule has 7 heteroatoms.